The number of nitrogens with zero attached hydrogens (tertiary/aromatic N) is 1. The predicted octanol–water partition coefficient (Wildman–Crippen LogP) is 1.45. The monoisotopic (exact) mass is 257 g/mol. The van der Waals surface area contributed by atoms with Crippen LogP contribution in [0.15, 0.2) is 0 Å². The molecule has 2 unspecified atom stereocenters. The maximum Gasteiger partial charge on any atom is 0.237 e. The molecule has 0 radical (unpaired) electrons. The molecule has 0 aromatic carbocycles. The minimum atomic E-state index is -0.459. The van der Waals surface area contributed by atoms with E-state index in [0.717, 1.165) is 6.42 Å². The van der Waals surface area contributed by atoms with Gasteiger partial charge >= 0.3 is 0 Å². The standard InChI is InChI=1S/C14H31N3O/c1-10(2)8-11(17(6)7)9-16-13(18)12(15)14(3,4)5/h10-12H,8-9,15H2,1-7H3,(H,16,18). The van der Waals surface area contributed by atoms with Crippen LogP contribution in [-0.4, -0.2) is 43.5 Å². The van der Waals surface area contributed by atoms with Crippen molar-refractivity contribution < 1.29 is 4.79 Å². The number of hydrogen-bond donors (Lipinski definition) is 2. The molecule has 0 spiro atoms. The summed E-state index contributed by atoms with van der Waals surface area (Å²) in [5, 5.41) is 2.97. The molecule has 0 saturated carbocycles. The Morgan fingerprint density at radius 2 is 1.78 bits per heavy atom. The summed E-state index contributed by atoms with van der Waals surface area (Å²) in [5.41, 5.74) is 5.73. The van der Waals surface area contributed by atoms with E-state index in [9.17, 15) is 4.79 Å². The van der Waals surface area contributed by atoms with Gasteiger partial charge in [-0.25, -0.2) is 0 Å². The molecular formula is C14H31N3O. The molecule has 2 atom stereocenters. The zero-order valence-corrected chi connectivity index (χ0v) is 13.1. The fourth-order valence-corrected chi connectivity index (χ4v) is 1.74. The molecule has 108 valence electrons. The van der Waals surface area contributed by atoms with Gasteiger partial charge in [0.25, 0.3) is 0 Å². The molecule has 1 amide bonds. The van der Waals surface area contributed by atoms with Gasteiger partial charge in [0.05, 0.1) is 6.04 Å². The maximum absolute atomic E-state index is 11.9. The van der Waals surface area contributed by atoms with E-state index in [-0.39, 0.29) is 11.3 Å². The van der Waals surface area contributed by atoms with Gasteiger partial charge in [0, 0.05) is 12.6 Å². The molecular weight excluding hydrogens is 226 g/mol. The van der Waals surface area contributed by atoms with Gasteiger partial charge < -0.3 is 16.0 Å². The molecule has 0 bridgehead atoms. The Hall–Kier alpha value is -0.610. The minimum Gasteiger partial charge on any atom is -0.353 e. The average molecular weight is 257 g/mol. The Morgan fingerprint density at radius 3 is 2.11 bits per heavy atom. The first kappa shape index (κ1) is 17.4. The number of rotatable bonds is 6. The van der Waals surface area contributed by atoms with Crippen molar-refractivity contribution in [1.29, 1.82) is 0 Å². The first-order valence-corrected chi connectivity index (χ1v) is 6.75. The number of likely N-dealkylation sites (N-methyl/N-ethyl adjacent to an activating group) is 1. The topological polar surface area (TPSA) is 58.4 Å². The summed E-state index contributed by atoms with van der Waals surface area (Å²) in [4.78, 5) is 14.1. The van der Waals surface area contributed by atoms with Gasteiger partial charge in [0.1, 0.15) is 0 Å². The van der Waals surface area contributed by atoms with Crippen LogP contribution in [0.1, 0.15) is 41.0 Å². The van der Waals surface area contributed by atoms with Gasteiger partial charge in [0.2, 0.25) is 5.91 Å². The highest BCUT2D eigenvalue weighted by Gasteiger charge is 2.27. The van der Waals surface area contributed by atoms with Crippen molar-refractivity contribution in [3.8, 4) is 0 Å². The van der Waals surface area contributed by atoms with Crippen molar-refractivity contribution in [2.75, 3.05) is 20.6 Å². The SMILES string of the molecule is CC(C)CC(CNC(=O)C(N)C(C)(C)C)N(C)C. The number of amides is 1. The van der Waals surface area contributed by atoms with E-state index in [0.29, 0.717) is 18.5 Å². The number of nitrogens with two attached hydrogens (primary N) is 1. The zero-order valence-electron chi connectivity index (χ0n) is 13.1. The fraction of sp³-hybridized carbons (Fsp3) is 0.929. The molecule has 18 heavy (non-hydrogen) atoms. The van der Waals surface area contributed by atoms with Crippen LogP contribution in [0.3, 0.4) is 0 Å². The molecule has 0 aliphatic heterocycles. The molecule has 0 aliphatic rings. The van der Waals surface area contributed by atoms with Gasteiger partial charge in [-0.3, -0.25) is 4.79 Å². The molecule has 0 aromatic rings. The van der Waals surface area contributed by atoms with Crippen molar-refractivity contribution >= 4 is 5.91 Å². The second kappa shape index (κ2) is 7.10. The van der Waals surface area contributed by atoms with Crippen molar-refractivity contribution in [1.82, 2.24) is 10.2 Å². The largest absolute Gasteiger partial charge is 0.353 e. The van der Waals surface area contributed by atoms with Gasteiger partial charge in [0.15, 0.2) is 0 Å². The van der Waals surface area contributed by atoms with E-state index in [1.807, 2.05) is 34.9 Å². The molecule has 0 aromatic heterocycles. The second-order valence-electron chi connectivity index (χ2n) is 6.84. The van der Waals surface area contributed by atoms with E-state index < -0.39 is 6.04 Å². The summed E-state index contributed by atoms with van der Waals surface area (Å²) in [5.74, 6) is 0.559. The molecule has 4 nitrogen and oxygen atoms in total. The van der Waals surface area contributed by atoms with Crippen molar-refractivity contribution in [2.45, 2.75) is 53.1 Å². The highest BCUT2D eigenvalue weighted by Crippen LogP contribution is 2.17. The lowest BCUT2D eigenvalue weighted by atomic mass is 9.87. The normalized spacial score (nSPS) is 15.9. The summed E-state index contributed by atoms with van der Waals surface area (Å²) in [6, 6.07) is -0.0968. The Bertz CT molecular complexity index is 256. The molecule has 0 saturated heterocycles. The molecule has 4 heteroatoms. The second-order valence-corrected chi connectivity index (χ2v) is 6.84. The number of carbonyl (C=O) groups is 1. The van der Waals surface area contributed by atoms with Crippen molar-refractivity contribution in [3.05, 3.63) is 0 Å². The van der Waals surface area contributed by atoms with Crippen LogP contribution in [0, 0.1) is 11.3 Å². The Morgan fingerprint density at radius 1 is 1.28 bits per heavy atom. The van der Waals surface area contributed by atoms with E-state index in [2.05, 4.69) is 24.1 Å². The van der Waals surface area contributed by atoms with Crippen LogP contribution in [0.4, 0.5) is 0 Å². The van der Waals surface area contributed by atoms with Crippen LogP contribution < -0.4 is 11.1 Å². The number of hydrogen-bond acceptors (Lipinski definition) is 3. The third-order valence-electron chi connectivity index (χ3n) is 3.20. The van der Waals surface area contributed by atoms with E-state index in [1.54, 1.807) is 0 Å². The molecule has 0 rings (SSSR count). The van der Waals surface area contributed by atoms with Gasteiger partial charge in [-0.15, -0.1) is 0 Å². The Labute approximate surface area is 112 Å². The predicted molar refractivity (Wildman–Crippen MR) is 77.4 cm³/mol. The minimum absolute atomic E-state index is 0.0573. The number of carbonyl (C=O) groups excluding carboxylic acids is 1. The average Bonchev–Trinajstić information content (AvgIpc) is 2.20. The molecule has 0 aliphatic carbocycles. The Balaban J connectivity index is 4.32. The summed E-state index contributed by atoms with van der Waals surface area (Å²) in [7, 11) is 4.09. The third kappa shape index (κ3) is 6.36. The first-order valence-electron chi connectivity index (χ1n) is 6.75. The van der Waals surface area contributed by atoms with Gasteiger partial charge in [-0.1, -0.05) is 34.6 Å². The summed E-state index contributed by atoms with van der Waals surface area (Å²) < 4.78 is 0. The fourth-order valence-electron chi connectivity index (χ4n) is 1.74. The third-order valence-corrected chi connectivity index (χ3v) is 3.20. The van der Waals surface area contributed by atoms with Gasteiger partial charge in [-0.2, -0.15) is 0 Å². The highest BCUT2D eigenvalue weighted by atomic mass is 16.2. The quantitative estimate of drug-likeness (QED) is 0.757. The summed E-state index contributed by atoms with van der Waals surface area (Å²) in [6.45, 7) is 11.0. The summed E-state index contributed by atoms with van der Waals surface area (Å²) >= 11 is 0. The smallest absolute Gasteiger partial charge is 0.237 e. The van der Waals surface area contributed by atoms with Crippen molar-refractivity contribution in [2.24, 2.45) is 17.1 Å². The molecule has 3 N–H and O–H groups in total. The van der Waals surface area contributed by atoms with E-state index in [1.165, 1.54) is 0 Å². The van der Waals surface area contributed by atoms with E-state index >= 15 is 0 Å². The lowest BCUT2D eigenvalue weighted by molar-refractivity contribution is -0.124. The van der Waals surface area contributed by atoms with Crippen LogP contribution in [0.5, 0.6) is 0 Å². The molecule has 0 heterocycles. The van der Waals surface area contributed by atoms with Gasteiger partial charge in [-0.05, 0) is 31.8 Å². The van der Waals surface area contributed by atoms with E-state index in [4.69, 9.17) is 5.73 Å². The van der Waals surface area contributed by atoms with Crippen LogP contribution in [0.25, 0.3) is 0 Å². The lowest BCUT2D eigenvalue weighted by Crippen LogP contribution is -2.51. The number of nitrogens with one attached hydrogen (secondary N) is 1. The zero-order chi connectivity index (χ0) is 14.5. The van der Waals surface area contributed by atoms with Crippen LogP contribution in [-0.2, 0) is 4.79 Å². The Kier molecular flexibility index (Phi) is 6.86. The van der Waals surface area contributed by atoms with Crippen LogP contribution in [0.2, 0.25) is 0 Å². The maximum atomic E-state index is 11.9. The van der Waals surface area contributed by atoms with Crippen molar-refractivity contribution in [3.63, 3.8) is 0 Å². The first-order chi connectivity index (χ1) is 8.05. The van der Waals surface area contributed by atoms with Crippen LogP contribution >= 0.6 is 0 Å². The summed E-state index contributed by atoms with van der Waals surface area (Å²) in [6.07, 6.45) is 1.07. The highest BCUT2D eigenvalue weighted by molar-refractivity contribution is 5.82. The molecule has 0 fully saturated rings. The lowest BCUT2D eigenvalue weighted by Gasteiger charge is -2.29.